The lowest BCUT2D eigenvalue weighted by Gasteiger charge is -2.16. The summed E-state index contributed by atoms with van der Waals surface area (Å²) >= 11 is 0. The fourth-order valence-corrected chi connectivity index (χ4v) is 2.13. The van der Waals surface area contributed by atoms with Gasteiger partial charge < -0.3 is 10.4 Å². The molecule has 1 aromatic rings. The highest BCUT2D eigenvalue weighted by Gasteiger charge is 2.26. The number of nitrogens with zero attached hydrogens (tertiary/aromatic N) is 1. The van der Waals surface area contributed by atoms with Crippen LogP contribution in [0.5, 0.6) is 0 Å². The number of aromatic nitrogens is 1. The van der Waals surface area contributed by atoms with Gasteiger partial charge in [-0.2, -0.15) is 0 Å². The molecule has 20 heavy (non-hydrogen) atoms. The van der Waals surface area contributed by atoms with Crippen molar-refractivity contribution >= 4 is 11.9 Å². The Morgan fingerprint density at radius 3 is 2.70 bits per heavy atom. The maximum Gasteiger partial charge on any atom is 0.326 e. The summed E-state index contributed by atoms with van der Waals surface area (Å²) in [5.74, 6) is -0.671. The van der Waals surface area contributed by atoms with Gasteiger partial charge in [0.05, 0.1) is 0 Å². The third kappa shape index (κ3) is 3.79. The van der Waals surface area contributed by atoms with Crippen LogP contribution < -0.4 is 5.32 Å². The second-order valence-corrected chi connectivity index (χ2v) is 5.74. The molecule has 1 amide bonds. The van der Waals surface area contributed by atoms with E-state index in [9.17, 15) is 9.59 Å². The zero-order valence-electron chi connectivity index (χ0n) is 11.8. The number of aliphatic carboxylic acids is 1. The van der Waals surface area contributed by atoms with Gasteiger partial charge >= 0.3 is 5.97 Å². The van der Waals surface area contributed by atoms with Gasteiger partial charge in [-0.25, -0.2) is 4.79 Å². The first-order chi connectivity index (χ1) is 9.47. The molecule has 1 saturated carbocycles. The number of carboxylic acids is 1. The molecule has 108 valence electrons. The minimum Gasteiger partial charge on any atom is -0.480 e. The number of rotatable bonds is 6. The molecule has 1 aliphatic rings. The summed E-state index contributed by atoms with van der Waals surface area (Å²) in [7, 11) is 0. The molecule has 0 unspecified atom stereocenters. The molecule has 1 fully saturated rings. The van der Waals surface area contributed by atoms with E-state index in [4.69, 9.17) is 5.11 Å². The van der Waals surface area contributed by atoms with E-state index < -0.39 is 12.0 Å². The molecule has 0 bridgehead atoms. The van der Waals surface area contributed by atoms with Crippen LogP contribution in [-0.2, 0) is 4.79 Å². The van der Waals surface area contributed by atoms with Gasteiger partial charge in [0.2, 0.25) is 0 Å². The zero-order chi connectivity index (χ0) is 14.7. The van der Waals surface area contributed by atoms with Crippen molar-refractivity contribution in [3.63, 3.8) is 0 Å². The summed E-state index contributed by atoms with van der Waals surface area (Å²) in [5.41, 5.74) is 1.41. The molecule has 1 heterocycles. The van der Waals surface area contributed by atoms with Crippen LogP contribution in [0.1, 0.15) is 55.1 Å². The molecule has 1 atom stereocenters. The van der Waals surface area contributed by atoms with Crippen LogP contribution in [0.3, 0.4) is 0 Å². The normalized spacial score (nSPS) is 15.9. The number of hydrogen-bond donors (Lipinski definition) is 2. The predicted octanol–water partition coefficient (Wildman–Crippen LogP) is 2.19. The maximum absolute atomic E-state index is 12.1. The number of carbonyl (C=O) groups excluding carboxylic acids is 1. The maximum atomic E-state index is 12.1. The molecule has 5 nitrogen and oxygen atoms in total. The van der Waals surface area contributed by atoms with Crippen LogP contribution in [0.25, 0.3) is 0 Å². The van der Waals surface area contributed by atoms with Gasteiger partial charge in [-0.3, -0.25) is 9.78 Å². The first kappa shape index (κ1) is 14.5. The Labute approximate surface area is 118 Å². The van der Waals surface area contributed by atoms with Gasteiger partial charge in [-0.05, 0) is 37.3 Å². The highest BCUT2D eigenvalue weighted by molar-refractivity contribution is 5.96. The van der Waals surface area contributed by atoms with Gasteiger partial charge in [0.15, 0.2) is 0 Å². The van der Waals surface area contributed by atoms with E-state index in [0.29, 0.717) is 17.9 Å². The minimum atomic E-state index is -0.997. The Kier molecular flexibility index (Phi) is 4.37. The smallest absolute Gasteiger partial charge is 0.326 e. The Morgan fingerprint density at radius 1 is 1.45 bits per heavy atom. The molecule has 1 aromatic heterocycles. The number of pyridine rings is 1. The van der Waals surface area contributed by atoms with Gasteiger partial charge in [-0.15, -0.1) is 0 Å². The fraction of sp³-hybridized carbons (Fsp3) is 0.533. The number of carbonyl (C=O) groups is 2. The van der Waals surface area contributed by atoms with Crippen LogP contribution in [0.15, 0.2) is 18.3 Å². The van der Waals surface area contributed by atoms with Crippen molar-refractivity contribution in [1.82, 2.24) is 10.3 Å². The van der Waals surface area contributed by atoms with Crippen LogP contribution in [0.2, 0.25) is 0 Å². The number of amides is 1. The summed E-state index contributed by atoms with van der Waals surface area (Å²) < 4.78 is 0. The van der Waals surface area contributed by atoms with Crippen LogP contribution in [-0.4, -0.2) is 28.0 Å². The Balaban J connectivity index is 2.05. The monoisotopic (exact) mass is 276 g/mol. The quantitative estimate of drug-likeness (QED) is 0.834. The molecular formula is C15H20N2O3. The Bertz CT molecular complexity index is 510. The molecule has 5 heteroatoms. The van der Waals surface area contributed by atoms with Crippen molar-refractivity contribution in [1.29, 1.82) is 0 Å². The van der Waals surface area contributed by atoms with Crippen molar-refractivity contribution in [3.8, 4) is 0 Å². The van der Waals surface area contributed by atoms with Crippen molar-refractivity contribution in [2.75, 3.05) is 0 Å². The van der Waals surface area contributed by atoms with Crippen molar-refractivity contribution in [3.05, 3.63) is 29.6 Å². The van der Waals surface area contributed by atoms with E-state index >= 15 is 0 Å². The lowest BCUT2D eigenvalue weighted by molar-refractivity contribution is -0.139. The van der Waals surface area contributed by atoms with Crippen molar-refractivity contribution < 1.29 is 14.7 Å². The summed E-state index contributed by atoms with van der Waals surface area (Å²) in [6.45, 7) is 3.86. The first-order valence-electron chi connectivity index (χ1n) is 6.97. The summed E-state index contributed by atoms with van der Waals surface area (Å²) in [6, 6.07) is 2.54. The van der Waals surface area contributed by atoms with Crippen LogP contribution in [0.4, 0.5) is 0 Å². The fourth-order valence-electron chi connectivity index (χ4n) is 2.13. The highest BCUT2D eigenvalue weighted by Crippen LogP contribution is 2.38. The lowest BCUT2D eigenvalue weighted by Crippen LogP contribution is -2.41. The molecule has 0 spiro atoms. The average molecular weight is 276 g/mol. The molecule has 2 rings (SSSR count). The van der Waals surface area contributed by atoms with E-state index in [1.807, 2.05) is 13.8 Å². The van der Waals surface area contributed by atoms with E-state index in [1.54, 1.807) is 18.3 Å². The van der Waals surface area contributed by atoms with Crippen molar-refractivity contribution in [2.45, 2.75) is 45.1 Å². The Hall–Kier alpha value is -1.91. The Morgan fingerprint density at radius 2 is 2.15 bits per heavy atom. The van der Waals surface area contributed by atoms with Gasteiger partial charge in [-0.1, -0.05) is 13.8 Å². The van der Waals surface area contributed by atoms with E-state index in [1.165, 1.54) is 0 Å². The molecule has 0 aliphatic heterocycles. The summed E-state index contributed by atoms with van der Waals surface area (Å²) in [5, 5.41) is 11.7. The third-order valence-corrected chi connectivity index (χ3v) is 3.35. The highest BCUT2D eigenvalue weighted by atomic mass is 16.4. The zero-order valence-corrected chi connectivity index (χ0v) is 11.8. The third-order valence-electron chi connectivity index (χ3n) is 3.35. The summed E-state index contributed by atoms with van der Waals surface area (Å²) in [6.07, 6.45) is 4.26. The van der Waals surface area contributed by atoms with Crippen molar-refractivity contribution in [2.24, 2.45) is 5.92 Å². The number of hydrogen-bond acceptors (Lipinski definition) is 3. The molecule has 0 saturated heterocycles. The largest absolute Gasteiger partial charge is 0.480 e. The molecule has 1 aliphatic carbocycles. The average Bonchev–Trinajstić information content (AvgIpc) is 3.21. The van der Waals surface area contributed by atoms with Gasteiger partial charge in [0.1, 0.15) is 6.04 Å². The molecule has 2 N–H and O–H groups in total. The first-order valence-corrected chi connectivity index (χ1v) is 6.97. The topological polar surface area (TPSA) is 79.3 Å². The second kappa shape index (κ2) is 6.03. The van der Waals surface area contributed by atoms with Gasteiger partial charge in [0.25, 0.3) is 5.91 Å². The standard InChI is InChI=1S/C15H20N2O3/c1-9(2)7-13(15(19)20)17-14(18)11-5-6-16-12(8-11)10-3-4-10/h5-6,8-10,13H,3-4,7H2,1-2H3,(H,17,18)(H,19,20)/t13-/m1/s1. The molecule has 0 radical (unpaired) electrons. The molecular weight excluding hydrogens is 256 g/mol. The van der Waals surface area contributed by atoms with E-state index in [-0.39, 0.29) is 11.8 Å². The number of nitrogens with one attached hydrogen (secondary N) is 1. The number of carboxylic acid groups (broad SMARTS) is 1. The second-order valence-electron chi connectivity index (χ2n) is 5.74. The van der Waals surface area contributed by atoms with Crippen LogP contribution >= 0.6 is 0 Å². The molecule has 0 aromatic carbocycles. The predicted molar refractivity (Wildman–Crippen MR) is 74.6 cm³/mol. The van der Waals surface area contributed by atoms with E-state index in [0.717, 1.165) is 18.5 Å². The lowest BCUT2D eigenvalue weighted by atomic mass is 10.0. The SMILES string of the molecule is CC(C)C[C@@H](NC(=O)c1ccnc(C2CC2)c1)C(=O)O. The van der Waals surface area contributed by atoms with Crippen LogP contribution in [0, 0.1) is 5.92 Å². The van der Waals surface area contributed by atoms with Gasteiger partial charge in [0, 0.05) is 23.4 Å². The minimum absolute atomic E-state index is 0.205. The summed E-state index contributed by atoms with van der Waals surface area (Å²) in [4.78, 5) is 27.5. The van der Waals surface area contributed by atoms with E-state index in [2.05, 4.69) is 10.3 Å².